The SMILES string of the molecule is Cc1ccc(S(=O)(=O)N2CCc3[nH]c4ccc(F)cc4c3C2)c(C)c1. The molecule has 0 atom stereocenters. The van der Waals surface area contributed by atoms with Crippen LogP contribution in [-0.2, 0) is 23.0 Å². The lowest BCUT2D eigenvalue weighted by Gasteiger charge is -2.27. The molecule has 0 unspecified atom stereocenters. The number of rotatable bonds is 2. The van der Waals surface area contributed by atoms with Crippen LogP contribution in [0.2, 0.25) is 0 Å². The minimum Gasteiger partial charge on any atom is -0.358 e. The maximum atomic E-state index is 13.6. The van der Waals surface area contributed by atoms with Crippen LogP contribution in [0.3, 0.4) is 0 Å². The summed E-state index contributed by atoms with van der Waals surface area (Å²) >= 11 is 0. The molecule has 0 fully saturated rings. The molecule has 4 nitrogen and oxygen atoms in total. The summed E-state index contributed by atoms with van der Waals surface area (Å²) in [7, 11) is -3.58. The summed E-state index contributed by atoms with van der Waals surface area (Å²) in [5, 5.41) is 0.760. The van der Waals surface area contributed by atoms with Gasteiger partial charge in [0.2, 0.25) is 10.0 Å². The van der Waals surface area contributed by atoms with E-state index in [9.17, 15) is 12.8 Å². The molecule has 0 saturated heterocycles. The van der Waals surface area contributed by atoms with Crippen LogP contribution in [0.4, 0.5) is 4.39 Å². The van der Waals surface area contributed by atoms with Gasteiger partial charge in [-0.05, 0) is 49.2 Å². The molecule has 3 aromatic rings. The van der Waals surface area contributed by atoms with Gasteiger partial charge in [-0.1, -0.05) is 17.7 Å². The fourth-order valence-electron chi connectivity index (χ4n) is 3.59. The van der Waals surface area contributed by atoms with Gasteiger partial charge in [-0.25, -0.2) is 12.8 Å². The van der Waals surface area contributed by atoms with E-state index in [2.05, 4.69) is 4.98 Å². The summed E-state index contributed by atoms with van der Waals surface area (Å²) in [5.41, 5.74) is 4.49. The lowest BCUT2D eigenvalue weighted by atomic mass is 10.1. The molecule has 0 bridgehead atoms. The van der Waals surface area contributed by atoms with Gasteiger partial charge in [0, 0.05) is 36.1 Å². The van der Waals surface area contributed by atoms with Crippen LogP contribution < -0.4 is 0 Å². The average Bonchev–Trinajstić information content (AvgIpc) is 2.91. The number of halogens is 1. The van der Waals surface area contributed by atoms with Crippen molar-refractivity contribution in [1.29, 1.82) is 0 Å². The Hall–Kier alpha value is -2.18. The second-order valence-electron chi connectivity index (χ2n) is 6.63. The number of fused-ring (bicyclic) bond motifs is 3. The van der Waals surface area contributed by atoms with Crippen molar-refractivity contribution >= 4 is 20.9 Å². The molecule has 4 rings (SSSR count). The van der Waals surface area contributed by atoms with Gasteiger partial charge in [-0.3, -0.25) is 0 Å². The first kappa shape index (κ1) is 16.3. The lowest BCUT2D eigenvalue weighted by molar-refractivity contribution is 0.391. The molecule has 1 aliphatic rings. The van der Waals surface area contributed by atoms with E-state index in [0.29, 0.717) is 17.9 Å². The number of nitrogens with zero attached hydrogens (tertiary/aromatic N) is 1. The number of nitrogens with one attached hydrogen (secondary N) is 1. The number of benzene rings is 2. The van der Waals surface area contributed by atoms with E-state index in [4.69, 9.17) is 0 Å². The van der Waals surface area contributed by atoms with Crippen molar-refractivity contribution in [3.05, 3.63) is 64.6 Å². The second-order valence-corrected chi connectivity index (χ2v) is 8.54. The highest BCUT2D eigenvalue weighted by atomic mass is 32.2. The van der Waals surface area contributed by atoms with Crippen molar-refractivity contribution in [2.45, 2.75) is 31.7 Å². The van der Waals surface area contributed by atoms with E-state index in [1.165, 1.54) is 16.4 Å². The van der Waals surface area contributed by atoms with Crippen molar-refractivity contribution in [2.75, 3.05) is 6.54 Å². The molecule has 1 aromatic heterocycles. The summed E-state index contributed by atoms with van der Waals surface area (Å²) in [5.74, 6) is -0.316. The van der Waals surface area contributed by atoms with Gasteiger partial charge < -0.3 is 4.98 Å². The predicted octanol–water partition coefficient (Wildman–Crippen LogP) is 3.67. The van der Waals surface area contributed by atoms with Gasteiger partial charge in [0.05, 0.1) is 4.90 Å². The zero-order chi connectivity index (χ0) is 17.8. The molecule has 1 N–H and O–H groups in total. The number of hydrogen-bond donors (Lipinski definition) is 1. The Balaban J connectivity index is 1.76. The maximum absolute atomic E-state index is 13.6. The topological polar surface area (TPSA) is 53.2 Å². The molecule has 0 saturated carbocycles. The predicted molar refractivity (Wildman–Crippen MR) is 95.5 cm³/mol. The van der Waals surface area contributed by atoms with Crippen LogP contribution in [0.1, 0.15) is 22.4 Å². The van der Waals surface area contributed by atoms with Crippen molar-refractivity contribution in [3.63, 3.8) is 0 Å². The van der Waals surface area contributed by atoms with Crippen molar-refractivity contribution in [2.24, 2.45) is 0 Å². The molecule has 2 heterocycles. The number of hydrogen-bond acceptors (Lipinski definition) is 2. The fraction of sp³-hybridized carbons (Fsp3) is 0.263. The smallest absolute Gasteiger partial charge is 0.243 e. The molecule has 0 radical (unpaired) electrons. The molecule has 1 aliphatic heterocycles. The Morgan fingerprint density at radius 2 is 1.92 bits per heavy atom. The number of aromatic amines is 1. The first-order valence-corrected chi connectivity index (χ1v) is 9.66. The van der Waals surface area contributed by atoms with E-state index in [0.717, 1.165) is 33.3 Å². The third kappa shape index (κ3) is 2.65. The molecule has 0 aliphatic carbocycles. The first-order chi connectivity index (χ1) is 11.9. The summed E-state index contributed by atoms with van der Waals surface area (Å²) in [4.78, 5) is 3.63. The fourth-order valence-corrected chi connectivity index (χ4v) is 5.21. The zero-order valence-corrected chi connectivity index (χ0v) is 15.0. The largest absolute Gasteiger partial charge is 0.358 e. The minimum atomic E-state index is -3.58. The molecule has 6 heteroatoms. The van der Waals surface area contributed by atoms with E-state index in [1.807, 2.05) is 26.0 Å². The summed E-state index contributed by atoms with van der Waals surface area (Å²) < 4.78 is 41.3. The monoisotopic (exact) mass is 358 g/mol. The molecule has 0 amide bonds. The van der Waals surface area contributed by atoms with E-state index < -0.39 is 10.0 Å². The number of sulfonamides is 1. The highest BCUT2D eigenvalue weighted by molar-refractivity contribution is 7.89. The number of H-pyrrole nitrogens is 1. The minimum absolute atomic E-state index is 0.258. The van der Waals surface area contributed by atoms with E-state index in [-0.39, 0.29) is 12.4 Å². The summed E-state index contributed by atoms with van der Waals surface area (Å²) in [6, 6.07) is 9.95. The molecular formula is C19H19FN2O2S. The van der Waals surface area contributed by atoms with Crippen LogP contribution in [0.5, 0.6) is 0 Å². The Morgan fingerprint density at radius 3 is 2.68 bits per heavy atom. The van der Waals surface area contributed by atoms with Crippen LogP contribution in [0.15, 0.2) is 41.3 Å². The van der Waals surface area contributed by atoms with Crippen molar-refractivity contribution in [3.8, 4) is 0 Å². The average molecular weight is 358 g/mol. The highest BCUT2D eigenvalue weighted by Crippen LogP contribution is 2.31. The normalized spacial score (nSPS) is 15.5. The molecule has 2 aromatic carbocycles. The summed E-state index contributed by atoms with van der Waals surface area (Å²) in [6.07, 6.45) is 0.593. The van der Waals surface area contributed by atoms with Gasteiger partial charge in [0.1, 0.15) is 5.82 Å². The van der Waals surface area contributed by atoms with Gasteiger partial charge in [-0.15, -0.1) is 0 Å². The Morgan fingerprint density at radius 1 is 1.12 bits per heavy atom. The quantitative estimate of drug-likeness (QED) is 0.760. The molecule has 25 heavy (non-hydrogen) atoms. The Labute approximate surface area is 146 Å². The second kappa shape index (κ2) is 5.68. The molecule has 130 valence electrons. The molecule has 0 spiro atoms. The van der Waals surface area contributed by atoms with Crippen LogP contribution in [-0.4, -0.2) is 24.3 Å². The number of aromatic nitrogens is 1. The van der Waals surface area contributed by atoms with Crippen LogP contribution >= 0.6 is 0 Å². The van der Waals surface area contributed by atoms with Crippen molar-refractivity contribution in [1.82, 2.24) is 9.29 Å². The lowest BCUT2D eigenvalue weighted by Crippen LogP contribution is -2.36. The van der Waals surface area contributed by atoms with Gasteiger partial charge >= 0.3 is 0 Å². The molecular weight excluding hydrogens is 339 g/mol. The third-order valence-electron chi connectivity index (χ3n) is 4.85. The Kier molecular flexibility index (Phi) is 3.70. The zero-order valence-electron chi connectivity index (χ0n) is 14.1. The first-order valence-electron chi connectivity index (χ1n) is 8.22. The third-order valence-corrected chi connectivity index (χ3v) is 6.86. The standard InChI is InChI=1S/C19H19FN2O2S/c1-12-3-6-19(13(2)9-12)25(23,24)22-8-7-18-16(11-22)15-10-14(20)4-5-17(15)21-18/h3-6,9-10,21H,7-8,11H2,1-2H3. The maximum Gasteiger partial charge on any atom is 0.243 e. The van der Waals surface area contributed by atoms with Crippen LogP contribution in [0, 0.1) is 19.7 Å². The highest BCUT2D eigenvalue weighted by Gasteiger charge is 2.31. The summed E-state index contributed by atoms with van der Waals surface area (Å²) in [6.45, 7) is 4.43. The van der Waals surface area contributed by atoms with Gasteiger partial charge in [0.25, 0.3) is 0 Å². The number of aryl methyl sites for hydroxylation is 2. The van der Waals surface area contributed by atoms with Crippen LogP contribution in [0.25, 0.3) is 10.9 Å². The van der Waals surface area contributed by atoms with Gasteiger partial charge in [0.15, 0.2) is 0 Å². The van der Waals surface area contributed by atoms with Gasteiger partial charge in [-0.2, -0.15) is 4.31 Å². The van der Waals surface area contributed by atoms with E-state index >= 15 is 0 Å². The Bertz CT molecular complexity index is 1090. The van der Waals surface area contributed by atoms with Crippen molar-refractivity contribution < 1.29 is 12.8 Å². The van der Waals surface area contributed by atoms with E-state index in [1.54, 1.807) is 12.1 Å².